The summed E-state index contributed by atoms with van der Waals surface area (Å²) >= 11 is 0. The summed E-state index contributed by atoms with van der Waals surface area (Å²) in [5, 5.41) is 15.6. The Morgan fingerprint density at radius 1 is 1.24 bits per heavy atom. The van der Waals surface area contributed by atoms with Gasteiger partial charge in [-0.15, -0.1) is 0 Å². The summed E-state index contributed by atoms with van der Waals surface area (Å²) in [5.41, 5.74) is 2.84. The number of nitrogens with zero attached hydrogens (tertiary/aromatic N) is 3. The molecule has 1 aliphatic heterocycles. The lowest BCUT2D eigenvalue weighted by molar-refractivity contribution is 0.0690. The number of hydrogen-bond donors (Lipinski definition) is 2. The molecule has 21 heavy (non-hydrogen) atoms. The third-order valence-corrected chi connectivity index (χ3v) is 3.82. The minimum Gasteiger partial charge on any atom is -0.477 e. The van der Waals surface area contributed by atoms with Gasteiger partial charge in [-0.3, -0.25) is 5.10 Å². The van der Waals surface area contributed by atoms with Crippen molar-refractivity contribution in [3.8, 4) is 11.3 Å². The lowest BCUT2D eigenvalue weighted by atomic mass is 10.1. The highest BCUT2D eigenvalue weighted by atomic mass is 16.4. The monoisotopic (exact) mass is 286 g/mol. The Kier molecular flexibility index (Phi) is 3.62. The number of aromatic carboxylic acids is 1. The Balaban J connectivity index is 1.83. The first-order valence-corrected chi connectivity index (χ1v) is 6.96. The van der Waals surface area contributed by atoms with Crippen LogP contribution in [-0.4, -0.2) is 59.4 Å². The highest BCUT2D eigenvalue weighted by Gasteiger charge is 2.15. The first kappa shape index (κ1) is 13.6. The van der Waals surface area contributed by atoms with Crippen molar-refractivity contribution in [2.75, 3.05) is 38.1 Å². The molecule has 2 aromatic rings. The van der Waals surface area contributed by atoms with Crippen molar-refractivity contribution >= 4 is 11.7 Å². The highest BCUT2D eigenvalue weighted by molar-refractivity contribution is 5.87. The van der Waals surface area contributed by atoms with Crippen LogP contribution in [-0.2, 0) is 0 Å². The van der Waals surface area contributed by atoms with E-state index in [2.05, 4.69) is 39.2 Å². The van der Waals surface area contributed by atoms with Gasteiger partial charge in [0, 0.05) is 37.4 Å². The highest BCUT2D eigenvalue weighted by Crippen LogP contribution is 2.24. The number of aromatic nitrogens is 2. The molecule has 0 atom stereocenters. The van der Waals surface area contributed by atoms with Gasteiger partial charge in [-0.1, -0.05) is 12.1 Å². The molecule has 2 N–H and O–H groups in total. The maximum atomic E-state index is 10.9. The van der Waals surface area contributed by atoms with E-state index in [1.165, 1.54) is 0 Å². The van der Waals surface area contributed by atoms with E-state index in [4.69, 9.17) is 5.11 Å². The predicted octanol–water partition coefficient (Wildman–Crippen LogP) is 1.53. The van der Waals surface area contributed by atoms with Gasteiger partial charge in [0.25, 0.3) is 0 Å². The van der Waals surface area contributed by atoms with Gasteiger partial charge in [-0.25, -0.2) is 4.79 Å². The Morgan fingerprint density at radius 2 is 2.00 bits per heavy atom. The van der Waals surface area contributed by atoms with Gasteiger partial charge >= 0.3 is 5.97 Å². The Hall–Kier alpha value is -2.34. The largest absolute Gasteiger partial charge is 0.477 e. The summed E-state index contributed by atoms with van der Waals surface area (Å²) in [5.74, 6) is -0.996. The second kappa shape index (κ2) is 5.57. The number of benzene rings is 1. The maximum Gasteiger partial charge on any atom is 0.353 e. The SMILES string of the molecule is CN1CCN(c2cccc(-c3cc(C(=O)O)[nH]n3)c2)CC1. The first-order chi connectivity index (χ1) is 10.1. The number of H-pyrrole nitrogens is 1. The molecule has 0 radical (unpaired) electrons. The zero-order chi connectivity index (χ0) is 14.8. The third kappa shape index (κ3) is 2.90. The van der Waals surface area contributed by atoms with E-state index in [0.717, 1.165) is 37.4 Å². The van der Waals surface area contributed by atoms with Crippen LogP contribution in [0.4, 0.5) is 5.69 Å². The number of anilines is 1. The third-order valence-electron chi connectivity index (χ3n) is 3.82. The molecular formula is C15H18N4O2. The second-order valence-electron chi connectivity index (χ2n) is 5.31. The van der Waals surface area contributed by atoms with Crippen molar-refractivity contribution in [1.29, 1.82) is 0 Å². The smallest absolute Gasteiger partial charge is 0.353 e. The number of carboxylic acids is 1. The molecule has 1 aromatic heterocycles. The molecule has 0 bridgehead atoms. The van der Waals surface area contributed by atoms with Gasteiger partial charge in [0.15, 0.2) is 0 Å². The molecule has 1 aromatic carbocycles. The van der Waals surface area contributed by atoms with Crippen LogP contribution in [0.25, 0.3) is 11.3 Å². The summed E-state index contributed by atoms with van der Waals surface area (Å²) in [4.78, 5) is 15.6. The number of hydrogen-bond acceptors (Lipinski definition) is 4. The van der Waals surface area contributed by atoms with E-state index in [9.17, 15) is 4.79 Å². The number of nitrogens with one attached hydrogen (secondary N) is 1. The lowest BCUT2D eigenvalue weighted by Gasteiger charge is -2.34. The van der Waals surface area contributed by atoms with Crippen molar-refractivity contribution in [2.45, 2.75) is 0 Å². The average Bonchev–Trinajstić information content (AvgIpc) is 2.98. The molecule has 110 valence electrons. The van der Waals surface area contributed by atoms with E-state index in [-0.39, 0.29) is 5.69 Å². The number of aromatic amines is 1. The van der Waals surface area contributed by atoms with Gasteiger partial charge < -0.3 is 14.9 Å². The molecule has 0 aliphatic carbocycles. The molecular weight excluding hydrogens is 268 g/mol. The van der Waals surface area contributed by atoms with Crippen LogP contribution >= 0.6 is 0 Å². The molecule has 0 amide bonds. The van der Waals surface area contributed by atoms with Crippen LogP contribution in [0, 0.1) is 0 Å². The molecule has 0 unspecified atom stereocenters. The second-order valence-corrected chi connectivity index (χ2v) is 5.31. The summed E-state index contributed by atoms with van der Waals surface area (Å²) < 4.78 is 0. The summed E-state index contributed by atoms with van der Waals surface area (Å²) in [6, 6.07) is 9.64. The Labute approximate surface area is 123 Å². The van der Waals surface area contributed by atoms with Gasteiger partial charge in [0.1, 0.15) is 5.69 Å². The Bertz CT molecular complexity index is 645. The topological polar surface area (TPSA) is 72.5 Å². The number of carboxylic acid groups (broad SMARTS) is 1. The molecule has 1 fully saturated rings. The molecule has 0 spiro atoms. The standard InChI is InChI=1S/C15H18N4O2/c1-18-5-7-19(8-6-18)12-4-2-3-11(9-12)13-10-14(15(20)21)17-16-13/h2-4,9-10H,5-8H2,1H3,(H,16,17)(H,20,21). The van der Waals surface area contributed by atoms with E-state index >= 15 is 0 Å². The van der Waals surface area contributed by atoms with Gasteiger partial charge in [-0.05, 0) is 25.2 Å². The normalized spacial score (nSPS) is 16.1. The van der Waals surface area contributed by atoms with Gasteiger partial charge in [0.05, 0.1) is 5.69 Å². The van der Waals surface area contributed by atoms with E-state index in [1.807, 2.05) is 12.1 Å². The first-order valence-electron chi connectivity index (χ1n) is 6.96. The fraction of sp³-hybridized carbons (Fsp3) is 0.333. The molecule has 1 aliphatic rings. The van der Waals surface area contributed by atoms with Gasteiger partial charge in [-0.2, -0.15) is 5.10 Å². The van der Waals surface area contributed by atoms with E-state index in [0.29, 0.717) is 5.69 Å². The number of likely N-dealkylation sites (N-methyl/N-ethyl adjacent to an activating group) is 1. The lowest BCUT2D eigenvalue weighted by Crippen LogP contribution is -2.44. The molecule has 6 heteroatoms. The summed E-state index contributed by atoms with van der Waals surface area (Å²) in [7, 11) is 2.13. The molecule has 1 saturated heterocycles. The van der Waals surface area contributed by atoms with Crippen molar-refractivity contribution in [1.82, 2.24) is 15.1 Å². The number of piperazine rings is 1. The van der Waals surface area contributed by atoms with Crippen LogP contribution in [0.15, 0.2) is 30.3 Å². The molecule has 0 saturated carbocycles. The van der Waals surface area contributed by atoms with E-state index < -0.39 is 5.97 Å². The minimum absolute atomic E-state index is 0.106. The molecule has 6 nitrogen and oxygen atoms in total. The van der Waals surface area contributed by atoms with Crippen LogP contribution in [0.5, 0.6) is 0 Å². The zero-order valence-electron chi connectivity index (χ0n) is 11.9. The van der Waals surface area contributed by atoms with E-state index in [1.54, 1.807) is 6.07 Å². The van der Waals surface area contributed by atoms with Crippen LogP contribution in [0.1, 0.15) is 10.5 Å². The van der Waals surface area contributed by atoms with Crippen molar-refractivity contribution in [2.24, 2.45) is 0 Å². The van der Waals surface area contributed by atoms with Gasteiger partial charge in [0.2, 0.25) is 0 Å². The summed E-state index contributed by atoms with van der Waals surface area (Å²) in [6.07, 6.45) is 0. The Morgan fingerprint density at radius 3 is 2.67 bits per heavy atom. The number of carbonyl (C=O) groups is 1. The van der Waals surface area contributed by atoms with Crippen molar-refractivity contribution < 1.29 is 9.90 Å². The minimum atomic E-state index is -0.996. The quantitative estimate of drug-likeness (QED) is 0.895. The zero-order valence-corrected chi connectivity index (χ0v) is 11.9. The maximum absolute atomic E-state index is 10.9. The predicted molar refractivity (Wildman–Crippen MR) is 80.7 cm³/mol. The van der Waals surface area contributed by atoms with Crippen LogP contribution in [0.3, 0.4) is 0 Å². The fourth-order valence-corrected chi connectivity index (χ4v) is 2.51. The van der Waals surface area contributed by atoms with Crippen molar-refractivity contribution in [3.05, 3.63) is 36.0 Å². The molecule has 3 rings (SSSR count). The van der Waals surface area contributed by atoms with Crippen LogP contribution in [0.2, 0.25) is 0 Å². The molecule has 2 heterocycles. The average molecular weight is 286 g/mol. The van der Waals surface area contributed by atoms with Crippen molar-refractivity contribution in [3.63, 3.8) is 0 Å². The fourth-order valence-electron chi connectivity index (χ4n) is 2.51. The van der Waals surface area contributed by atoms with Crippen LogP contribution < -0.4 is 4.90 Å². The number of rotatable bonds is 3. The summed E-state index contributed by atoms with van der Waals surface area (Å²) in [6.45, 7) is 4.10.